The second kappa shape index (κ2) is 6.15. The molecule has 0 aliphatic carbocycles. The van der Waals surface area contributed by atoms with Gasteiger partial charge in [-0.2, -0.15) is 0 Å². The van der Waals surface area contributed by atoms with Crippen molar-refractivity contribution >= 4 is 11.9 Å². The highest BCUT2D eigenvalue weighted by molar-refractivity contribution is 5.71. The molecule has 0 saturated carbocycles. The van der Waals surface area contributed by atoms with Crippen LogP contribution in [0.5, 0.6) is 0 Å². The van der Waals surface area contributed by atoms with Crippen molar-refractivity contribution in [2.75, 3.05) is 27.6 Å². The van der Waals surface area contributed by atoms with Crippen molar-refractivity contribution in [3.8, 4) is 0 Å². The first-order chi connectivity index (χ1) is 9.14. The Bertz CT molecular complexity index is 387. The summed E-state index contributed by atoms with van der Waals surface area (Å²) in [6.45, 7) is 0.226. The lowest BCUT2D eigenvalue weighted by Gasteiger charge is -2.29. The Morgan fingerprint density at radius 1 is 1.50 bits per heavy atom. The lowest BCUT2D eigenvalue weighted by molar-refractivity contribution is -0.873. The third-order valence-electron chi connectivity index (χ3n) is 1.93. The van der Waals surface area contributed by atoms with Gasteiger partial charge in [0.1, 0.15) is 6.54 Å². The minimum Gasteiger partial charge on any atom is -0.550 e. The molecule has 0 amide bonds. The van der Waals surface area contributed by atoms with Crippen LogP contribution in [0, 0.1) is 0 Å². The van der Waals surface area contributed by atoms with Gasteiger partial charge in [-0.05, 0) is 13.8 Å². The first-order valence-corrected chi connectivity index (χ1v) is 5.59. The molecular formula is C12H23NO5. The molecule has 0 bridgehead atoms. The van der Waals surface area contributed by atoms with Gasteiger partial charge in [-0.25, -0.2) is 0 Å². The topological polar surface area (TPSA) is 86.7 Å². The van der Waals surface area contributed by atoms with Crippen molar-refractivity contribution < 1.29 is 33.1 Å². The molecule has 0 spiro atoms. The molecule has 0 saturated heterocycles. The fourth-order valence-electron chi connectivity index (χ4n) is 1.42. The van der Waals surface area contributed by atoms with Gasteiger partial charge >= 0.3 is 5.97 Å². The fraction of sp³-hybridized carbons (Fsp3) is 0.833. The van der Waals surface area contributed by atoms with E-state index in [1.165, 1.54) is 27.9 Å². The molecule has 1 unspecified atom stereocenters. The van der Waals surface area contributed by atoms with Crippen LogP contribution in [0.3, 0.4) is 0 Å². The van der Waals surface area contributed by atoms with Gasteiger partial charge in [0, 0.05) is 12.4 Å². The lowest BCUT2D eigenvalue weighted by atomic mass is 10.1. The van der Waals surface area contributed by atoms with Crippen molar-refractivity contribution in [1.29, 1.82) is 0 Å². The number of quaternary nitrogens is 1. The molecule has 6 nitrogen and oxygen atoms in total. The van der Waals surface area contributed by atoms with E-state index in [2.05, 4.69) is 0 Å². The minimum atomic E-state index is -2.38. The zero-order valence-corrected chi connectivity index (χ0v) is 11.2. The molecular weight excluding hydrogens is 238 g/mol. The summed E-state index contributed by atoms with van der Waals surface area (Å²) in [5, 5.41) is 20.2. The third kappa shape index (κ3) is 10.0. The van der Waals surface area contributed by atoms with Crippen LogP contribution < -0.4 is 5.11 Å². The quantitative estimate of drug-likeness (QED) is 0.466. The number of carboxylic acids is 1. The van der Waals surface area contributed by atoms with E-state index in [1.807, 2.05) is 0 Å². The Balaban J connectivity index is 4.90. The van der Waals surface area contributed by atoms with E-state index in [9.17, 15) is 19.8 Å². The highest BCUT2D eigenvalue weighted by Gasteiger charge is 2.25. The molecule has 0 fully saturated rings. The number of carbonyl (C=O) groups excluding carboxylic acids is 2. The highest BCUT2D eigenvalue weighted by atomic mass is 16.5. The number of hydrogen-bond donors (Lipinski definition) is 1. The predicted octanol–water partition coefficient (Wildman–Crippen LogP) is -1.09. The SMILES string of the molecule is [2H]C([2H])([2H])[N+](C)(C)CC(CC(=O)[O-])OC(=O)CC(C)(C)O. The summed E-state index contributed by atoms with van der Waals surface area (Å²) in [5.41, 5.74) is -1.29. The molecule has 1 N–H and O–H groups in total. The van der Waals surface area contributed by atoms with E-state index in [0.717, 1.165) is 0 Å². The number of carbonyl (C=O) groups is 2. The second-order valence-electron chi connectivity index (χ2n) is 5.54. The maximum absolute atomic E-state index is 11.6. The van der Waals surface area contributed by atoms with Crippen molar-refractivity contribution in [3.05, 3.63) is 0 Å². The average molecular weight is 264 g/mol. The van der Waals surface area contributed by atoms with Crippen LogP contribution in [0.25, 0.3) is 0 Å². The zero-order valence-electron chi connectivity index (χ0n) is 14.2. The van der Waals surface area contributed by atoms with Crippen LogP contribution in [0.4, 0.5) is 0 Å². The van der Waals surface area contributed by atoms with E-state index >= 15 is 0 Å². The predicted molar refractivity (Wildman–Crippen MR) is 63.3 cm³/mol. The molecule has 106 valence electrons. The number of carboxylic acid groups (broad SMARTS) is 1. The Kier molecular flexibility index (Phi) is 4.07. The van der Waals surface area contributed by atoms with Gasteiger partial charge in [0.15, 0.2) is 6.10 Å². The number of likely N-dealkylation sites (N-methyl/N-ethyl adjacent to an activating group) is 1. The maximum atomic E-state index is 11.6. The highest BCUT2D eigenvalue weighted by Crippen LogP contribution is 2.11. The van der Waals surface area contributed by atoms with Crippen molar-refractivity contribution in [2.45, 2.75) is 38.4 Å². The molecule has 0 aromatic carbocycles. The van der Waals surface area contributed by atoms with Crippen LogP contribution >= 0.6 is 0 Å². The van der Waals surface area contributed by atoms with Crippen LogP contribution in [-0.2, 0) is 14.3 Å². The van der Waals surface area contributed by atoms with Gasteiger partial charge in [0.2, 0.25) is 0 Å². The van der Waals surface area contributed by atoms with Crippen molar-refractivity contribution in [2.24, 2.45) is 0 Å². The Morgan fingerprint density at radius 2 is 2.06 bits per heavy atom. The molecule has 0 aromatic heterocycles. The van der Waals surface area contributed by atoms with Crippen LogP contribution in [-0.4, -0.2) is 60.8 Å². The summed E-state index contributed by atoms with van der Waals surface area (Å²) in [5.74, 6) is -2.24. The van der Waals surface area contributed by atoms with Gasteiger partial charge in [-0.15, -0.1) is 0 Å². The Morgan fingerprint density at radius 3 is 2.44 bits per heavy atom. The van der Waals surface area contributed by atoms with E-state index in [0.29, 0.717) is 0 Å². The number of ether oxygens (including phenoxy) is 1. The van der Waals surface area contributed by atoms with Crippen LogP contribution in [0.2, 0.25) is 0 Å². The largest absolute Gasteiger partial charge is 0.550 e. The summed E-state index contributed by atoms with van der Waals surface area (Å²) in [6.07, 6.45) is -2.06. The summed E-state index contributed by atoms with van der Waals surface area (Å²) < 4.78 is 26.7. The Hall–Kier alpha value is -1.14. The maximum Gasteiger partial charge on any atom is 0.309 e. The molecule has 0 aromatic rings. The first kappa shape index (κ1) is 11.9. The van der Waals surface area contributed by atoms with Crippen LogP contribution in [0.1, 0.15) is 30.8 Å². The van der Waals surface area contributed by atoms with Crippen molar-refractivity contribution in [3.63, 3.8) is 0 Å². The molecule has 0 aliphatic rings. The van der Waals surface area contributed by atoms with E-state index in [4.69, 9.17) is 8.85 Å². The van der Waals surface area contributed by atoms with Crippen molar-refractivity contribution in [1.82, 2.24) is 0 Å². The smallest absolute Gasteiger partial charge is 0.309 e. The minimum absolute atomic E-state index is 0.206. The molecule has 6 heteroatoms. The first-order valence-electron chi connectivity index (χ1n) is 7.09. The number of hydrogen-bond acceptors (Lipinski definition) is 5. The monoisotopic (exact) mass is 264 g/mol. The van der Waals surface area contributed by atoms with Gasteiger partial charge in [0.05, 0.1) is 37.2 Å². The van der Waals surface area contributed by atoms with E-state index in [1.54, 1.807) is 0 Å². The molecule has 0 rings (SSSR count). The fourth-order valence-corrected chi connectivity index (χ4v) is 1.42. The van der Waals surface area contributed by atoms with Gasteiger partial charge in [0.25, 0.3) is 0 Å². The molecule has 18 heavy (non-hydrogen) atoms. The second-order valence-corrected chi connectivity index (χ2v) is 5.54. The number of aliphatic carboxylic acids is 1. The summed E-state index contributed by atoms with van der Waals surface area (Å²) >= 11 is 0. The van der Waals surface area contributed by atoms with Gasteiger partial charge in [-0.1, -0.05) is 0 Å². The Labute approximate surface area is 112 Å². The number of esters is 1. The number of aliphatic hydroxyl groups is 1. The standard InChI is InChI=1S/C12H23NO5/c1-12(2,17)7-11(16)18-9(6-10(14)15)8-13(3,4)5/h9,17H,6-8H2,1-5H3/i3D3. The van der Waals surface area contributed by atoms with E-state index < -0.39 is 41.5 Å². The zero-order chi connectivity index (χ0) is 17.1. The summed E-state index contributed by atoms with van der Waals surface area (Å²) in [6, 6.07) is 0. The average Bonchev–Trinajstić information content (AvgIpc) is 2.08. The molecule has 0 aliphatic heterocycles. The summed E-state index contributed by atoms with van der Waals surface area (Å²) in [4.78, 5) is 22.4. The molecule has 0 radical (unpaired) electrons. The lowest BCUT2D eigenvalue weighted by Crippen LogP contribution is -2.45. The van der Waals surface area contributed by atoms with E-state index in [-0.39, 0.29) is 13.0 Å². The number of nitrogens with zero attached hydrogens (tertiary/aromatic N) is 1. The van der Waals surface area contributed by atoms with Crippen LogP contribution in [0.15, 0.2) is 0 Å². The summed E-state index contributed by atoms with van der Waals surface area (Å²) in [7, 11) is 2.78. The van der Waals surface area contributed by atoms with Gasteiger partial charge in [-0.3, -0.25) is 4.79 Å². The third-order valence-corrected chi connectivity index (χ3v) is 1.93. The molecule has 0 heterocycles. The molecule has 1 atom stereocenters. The normalized spacial score (nSPS) is 17.3. The van der Waals surface area contributed by atoms with Gasteiger partial charge < -0.3 is 24.2 Å². The number of rotatable bonds is 7.